The summed E-state index contributed by atoms with van der Waals surface area (Å²) in [6, 6.07) is -0.157. The number of piperidine rings is 1. The van der Waals surface area contributed by atoms with Crippen LogP contribution in [0.2, 0.25) is 0 Å². The van der Waals surface area contributed by atoms with Crippen molar-refractivity contribution in [2.24, 2.45) is 5.92 Å². The first-order valence-corrected chi connectivity index (χ1v) is 9.23. The fourth-order valence-corrected chi connectivity index (χ4v) is 3.77. The predicted octanol–water partition coefficient (Wildman–Crippen LogP) is 2.09. The van der Waals surface area contributed by atoms with Gasteiger partial charge in [-0.15, -0.1) is 11.3 Å². The van der Waals surface area contributed by atoms with Gasteiger partial charge in [0, 0.05) is 24.7 Å². The van der Waals surface area contributed by atoms with Crippen LogP contribution < -0.4 is 5.32 Å². The van der Waals surface area contributed by atoms with Crippen LogP contribution in [0.5, 0.6) is 0 Å². The summed E-state index contributed by atoms with van der Waals surface area (Å²) >= 11 is 1.44. The Bertz CT molecular complexity index is 683. The number of carbonyl (C=O) groups excluding carboxylic acids is 1. The Balaban J connectivity index is 1.58. The van der Waals surface area contributed by atoms with Gasteiger partial charge in [0.1, 0.15) is 11.6 Å². The van der Waals surface area contributed by atoms with Crippen molar-refractivity contribution in [2.45, 2.75) is 46.2 Å². The largest absolute Gasteiger partial charge is 0.301 e. The quantitative estimate of drug-likeness (QED) is 0.895. The number of aryl methyl sites for hydroxylation is 2. The molecule has 24 heavy (non-hydrogen) atoms. The third-order valence-electron chi connectivity index (χ3n) is 4.53. The molecular formula is C16H24N6OS. The van der Waals surface area contributed by atoms with Crippen molar-refractivity contribution in [2.75, 3.05) is 18.4 Å². The fourth-order valence-electron chi connectivity index (χ4n) is 3.24. The number of nitrogens with one attached hydrogen (secondary N) is 1. The van der Waals surface area contributed by atoms with Crippen molar-refractivity contribution in [3.63, 3.8) is 0 Å². The number of rotatable bonds is 5. The Morgan fingerprint density at radius 2 is 2.33 bits per heavy atom. The molecule has 7 nitrogen and oxygen atoms in total. The lowest BCUT2D eigenvalue weighted by Crippen LogP contribution is -2.47. The molecule has 3 rings (SSSR count). The second-order valence-corrected chi connectivity index (χ2v) is 7.29. The second kappa shape index (κ2) is 7.40. The Hall–Kier alpha value is -1.80. The topological polar surface area (TPSA) is 75.9 Å². The third-order valence-corrected chi connectivity index (χ3v) is 5.22. The summed E-state index contributed by atoms with van der Waals surface area (Å²) in [4.78, 5) is 23.2. The van der Waals surface area contributed by atoms with Crippen LogP contribution in [0, 0.1) is 19.8 Å². The molecule has 1 aliphatic rings. The van der Waals surface area contributed by atoms with E-state index in [0.29, 0.717) is 11.0 Å². The Morgan fingerprint density at radius 1 is 1.50 bits per heavy atom. The molecular weight excluding hydrogens is 324 g/mol. The number of hydrogen-bond acceptors (Lipinski definition) is 6. The SMILES string of the molecule is Cc1nc(C)n(C[C@H]2CCCN([C@@H](C)C(=O)Nc3nccs3)C2)n1. The summed E-state index contributed by atoms with van der Waals surface area (Å²) in [7, 11) is 0. The highest BCUT2D eigenvalue weighted by Crippen LogP contribution is 2.21. The average molecular weight is 348 g/mol. The molecule has 3 heterocycles. The summed E-state index contributed by atoms with van der Waals surface area (Å²) in [5, 5.41) is 9.88. The number of likely N-dealkylation sites (tertiary alicyclic amines) is 1. The lowest BCUT2D eigenvalue weighted by molar-refractivity contribution is -0.121. The summed E-state index contributed by atoms with van der Waals surface area (Å²) in [6.45, 7) is 8.61. The molecule has 0 bridgehead atoms. The number of carbonyl (C=O) groups is 1. The van der Waals surface area contributed by atoms with E-state index in [0.717, 1.165) is 44.1 Å². The van der Waals surface area contributed by atoms with Crippen LogP contribution in [0.3, 0.4) is 0 Å². The van der Waals surface area contributed by atoms with Crippen molar-refractivity contribution in [1.29, 1.82) is 0 Å². The third kappa shape index (κ3) is 3.99. The van der Waals surface area contributed by atoms with Gasteiger partial charge >= 0.3 is 0 Å². The lowest BCUT2D eigenvalue weighted by Gasteiger charge is -2.36. The molecule has 0 radical (unpaired) electrons. The molecule has 2 aromatic rings. The zero-order chi connectivity index (χ0) is 17.1. The number of hydrogen-bond donors (Lipinski definition) is 1. The average Bonchev–Trinajstić information content (AvgIpc) is 3.17. The van der Waals surface area contributed by atoms with E-state index in [2.05, 4.69) is 25.3 Å². The summed E-state index contributed by atoms with van der Waals surface area (Å²) < 4.78 is 1.99. The summed E-state index contributed by atoms with van der Waals surface area (Å²) in [6.07, 6.45) is 3.96. The maximum absolute atomic E-state index is 12.4. The maximum Gasteiger partial charge on any atom is 0.243 e. The first-order chi connectivity index (χ1) is 11.5. The van der Waals surface area contributed by atoms with Gasteiger partial charge in [0.2, 0.25) is 5.91 Å². The predicted molar refractivity (Wildman–Crippen MR) is 94.0 cm³/mol. The monoisotopic (exact) mass is 348 g/mol. The first-order valence-electron chi connectivity index (χ1n) is 8.35. The molecule has 2 aromatic heterocycles. The van der Waals surface area contributed by atoms with Gasteiger partial charge in [0.15, 0.2) is 5.13 Å². The van der Waals surface area contributed by atoms with Crippen LogP contribution >= 0.6 is 11.3 Å². The van der Waals surface area contributed by atoms with Gasteiger partial charge in [-0.1, -0.05) is 0 Å². The minimum Gasteiger partial charge on any atom is -0.301 e. The van der Waals surface area contributed by atoms with Gasteiger partial charge < -0.3 is 5.32 Å². The van der Waals surface area contributed by atoms with Crippen molar-refractivity contribution in [3.05, 3.63) is 23.2 Å². The molecule has 130 valence electrons. The molecule has 2 atom stereocenters. The van der Waals surface area contributed by atoms with Crippen LogP contribution in [-0.4, -0.2) is 49.7 Å². The number of nitrogens with zero attached hydrogens (tertiary/aromatic N) is 5. The Labute approximate surface area is 146 Å². The van der Waals surface area contributed by atoms with Crippen LogP contribution in [0.15, 0.2) is 11.6 Å². The molecule has 0 saturated carbocycles. The molecule has 1 amide bonds. The van der Waals surface area contributed by atoms with Gasteiger partial charge in [-0.05, 0) is 46.1 Å². The van der Waals surface area contributed by atoms with E-state index in [-0.39, 0.29) is 11.9 Å². The molecule has 1 saturated heterocycles. The molecule has 1 N–H and O–H groups in total. The summed E-state index contributed by atoms with van der Waals surface area (Å²) in [5.41, 5.74) is 0. The van der Waals surface area contributed by atoms with E-state index in [1.807, 2.05) is 30.8 Å². The van der Waals surface area contributed by atoms with E-state index in [9.17, 15) is 4.79 Å². The summed E-state index contributed by atoms with van der Waals surface area (Å²) in [5.74, 6) is 2.28. The number of anilines is 1. The minimum absolute atomic E-state index is 0.0124. The van der Waals surface area contributed by atoms with Crippen LogP contribution in [-0.2, 0) is 11.3 Å². The zero-order valence-corrected chi connectivity index (χ0v) is 15.2. The Kier molecular flexibility index (Phi) is 5.25. The highest BCUT2D eigenvalue weighted by atomic mass is 32.1. The minimum atomic E-state index is -0.157. The standard InChI is InChI=1S/C16H24N6OS/c1-11(15(23)19-16-17-6-8-24-16)21-7-4-5-14(9-21)10-22-13(3)18-12(2)20-22/h6,8,11,14H,4-5,7,9-10H2,1-3H3,(H,17,19,23)/t11-,14-/m0/s1. The van der Waals surface area contributed by atoms with Crippen molar-refractivity contribution in [3.8, 4) is 0 Å². The first kappa shape index (κ1) is 17.0. The maximum atomic E-state index is 12.4. The van der Waals surface area contributed by atoms with Gasteiger partial charge in [-0.2, -0.15) is 5.10 Å². The fraction of sp³-hybridized carbons (Fsp3) is 0.625. The lowest BCUT2D eigenvalue weighted by atomic mass is 9.96. The van der Waals surface area contributed by atoms with Gasteiger partial charge in [0.05, 0.1) is 6.04 Å². The van der Waals surface area contributed by atoms with Crippen LogP contribution in [0.4, 0.5) is 5.13 Å². The van der Waals surface area contributed by atoms with E-state index >= 15 is 0 Å². The van der Waals surface area contributed by atoms with E-state index in [4.69, 9.17) is 0 Å². The van der Waals surface area contributed by atoms with Crippen molar-refractivity contribution in [1.82, 2.24) is 24.6 Å². The van der Waals surface area contributed by atoms with E-state index < -0.39 is 0 Å². The normalized spacial score (nSPS) is 20.0. The Morgan fingerprint density at radius 3 is 3.00 bits per heavy atom. The smallest absolute Gasteiger partial charge is 0.243 e. The van der Waals surface area contributed by atoms with Crippen LogP contribution in [0.25, 0.3) is 0 Å². The zero-order valence-electron chi connectivity index (χ0n) is 14.4. The van der Waals surface area contributed by atoms with Crippen LogP contribution in [0.1, 0.15) is 31.4 Å². The van der Waals surface area contributed by atoms with Gasteiger partial charge in [-0.3, -0.25) is 9.69 Å². The van der Waals surface area contributed by atoms with Gasteiger partial charge in [0.25, 0.3) is 0 Å². The molecule has 0 aromatic carbocycles. The number of thiazole rings is 1. The highest BCUT2D eigenvalue weighted by Gasteiger charge is 2.28. The van der Waals surface area contributed by atoms with Crippen molar-refractivity contribution >= 4 is 22.4 Å². The van der Waals surface area contributed by atoms with Gasteiger partial charge in [-0.25, -0.2) is 14.6 Å². The molecule has 0 spiro atoms. The van der Waals surface area contributed by atoms with E-state index in [1.54, 1.807) is 6.20 Å². The highest BCUT2D eigenvalue weighted by molar-refractivity contribution is 7.13. The number of aromatic nitrogens is 4. The molecule has 8 heteroatoms. The molecule has 1 fully saturated rings. The molecule has 0 aliphatic carbocycles. The molecule has 0 unspecified atom stereocenters. The number of amides is 1. The van der Waals surface area contributed by atoms with E-state index in [1.165, 1.54) is 11.3 Å². The van der Waals surface area contributed by atoms with Crippen molar-refractivity contribution < 1.29 is 4.79 Å². The molecule has 1 aliphatic heterocycles. The second-order valence-electron chi connectivity index (χ2n) is 6.39.